The maximum Gasteiger partial charge on any atom is 0.522 e. The smallest absolute Gasteiger partial charge is 0.376 e. The Morgan fingerprint density at radius 2 is 0.596 bits per heavy atom. The van der Waals surface area contributed by atoms with Gasteiger partial charge in [-0.15, -0.1) is 17.0 Å². The normalized spacial score (nSPS) is 15.6. The second-order valence-corrected chi connectivity index (χ2v) is 27.7. The molecule has 0 aliphatic heterocycles. The Balaban J connectivity index is 0.000000333. The van der Waals surface area contributed by atoms with E-state index in [1.807, 2.05) is 6.07 Å². The molecule has 109 heavy (non-hydrogen) atoms. The van der Waals surface area contributed by atoms with Gasteiger partial charge < -0.3 is 5.11 Å². The highest BCUT2D eigenvalue weighted by Crippen LogP contribution is 2.59. The minimum atomic E-state index is -5.84. The molecule has 0 heterocycles. The van der Waals surface area contributed by atoms with E-state index in [1.54, 1.807) is 176 Å². The molecule has 3 unspecified atom stereocenters. The summed E-state index contributed by atoms with van der Waals surface area (Å²) < 4.78 is 253. The van der Waals surface area contributed by atoms with Crippen LogP contribution in [0.5, 0.6) is 0 Å². The summed E-state index contributed by atoms with van der Waals surface area (Å²) in [6.45, 7) is 4.54. The lowest BCUT2D eigenvalue weighted by molar-refractivity contribution is -0.258. The van der Waals surface area contributed by atoms with Crippen LogP contribution in [0.3, 0.4) is 0 Å². The van der Waals surface area contributed by atoms with E-state index in [2.05, 4.69) is 188 Å². The molecule has 0 bridgehead atoms. The molecule has 0 aromatic heterocycles. The molecule has 2 N–H and O–H groups in total. The molecule has 0 fully saturated rings. The number of hydrogen-bond donors (Lipinski definition) is 2. The van der Waals surface area contributed by atoms with Crippen molar-refractivity contribution < 1.29 is 102 Å². The Morgan fingerprint density at radius 3 is 0.862 bits per heavy atom. The van der Waals surface area contributed by atoms with Gasteiger partial charge in [-0.2, -0.15) is 87.4 Å². The molecule has 10 aromatic rings. The molecule has 0 amide bonds. The molecular weight excluding hydrogens is 2200 g/mol. The van der Waals surface area contributed by atoms with E-state index in [4.69, 9.17) is 17.8 Å². The number of carbonyl (C=O) groups excluding carboxylic acids is 1. The predicted molar refractivity (Wildman–Crippen MR) is 434 cm³/mol. The largest absolute Gasteiger partial charge is 0.522 e. The van der Waals surface area contributed by atoms with Gasteiger partial charge in [-0.3, -0.25) is 9.35 Å². The molecule has 34 heteroatoms. The van der Waals surface area contributed by atoms with Crippen LogP contribution in [0.15, 0.2) is 252 Å². The summed E-state index contributed by atoms with van der Waals surface area (Å²) >= 11 is 25.4. The highest BCUT2D eigenvalue weighted by Gasteiger charge is 2.60. The van der Waals surface area contributed by atoms with Crippen LogP contribution < -0.4 is 0 Å². The molecule has 0 saturated heterocycles. The van der Waals surface area contributed by atoms with Crippen molar-refractivity contribution in [2.24, 2.45) is 0 Å². The number of aldehydes is 1. The number of aliphatic hydroxyl groups is 1. The summed E-state index contributed by atoms with van der Waals surface area (Å²) in [5, 5.41) is 9.84. The van der Waals surface area contributed by atoms with Crippen LogP contribution in [0.1, 0.15) is 66.6 Å². The number of fused-ring (bicyclic) bond motifs is 9. The third kappa shape index (κ3) is 23.4. The van der Waals surface area contributed by atoms with Crippen LogP contribution in [0.2, 0.25) is 0 Å². The maximum atomic E-state index is 13.6. The standard InChI is InChI=1S/2C15H10BrF3.C15H13F3O.C15H11F3.C12H9I.C2HF3O.CHF3O3S.3Br2.BrH/c2*1-14(15(17,18)19)12-5-3-2-4-10(12)11-7-6-9(16)8-13(11)14;1-14(19,15(16,17)18)13-10-6-5-9-12(13)11-7-3-2-4-8-11;1-14(15(16,17)18)12-8-4-2-6-10(12)11-7-3-5-9-13(11)14;13-12-9-5-4-8-11(12)10-6-2-1-3-7-10;3-2(4,5)1-6;2-1(3,4)8(5,6)7;3*1-2;/h2*2-8H,1H3;2-10,19H,1H3;2-9H,1H3;1-9H;1H;(H,5,6,7);;;;1H. The second kappa shape index (κ2) is 41.2. The monoisotopic (exact) mass is 2250 g/mol. The molecule has 0 saturated carbocycles. The molecule has 13 rings (SSSR count). The van der Waals surface area contributed by atoms with Crippen LogP contribution in [0.4, 0.5) is 79.0 Å². The molecule has 0 radical (unpaired) electrons. The Morgan fingerprint density at radius 1 is 0.367 bits per heavy atom. The van der Waals surface area contributed by atoms with E-state index in [0.29, 0.717) is 86.8 Å². The zero-order valence-corrected chi connectivity index (χ0v) is 73.2. The summed E-state index contributed by atoms with van der Waals surface area (Å²) in [5.41, 5.74) is -4.70. The molecular formula is C75H56Br9F18IO5S. The van der Waals surface area contributed by atoms with Gasteiger partial charge in [-0.1, -0.05) is 244 Å². The van der Waals surface area contributed by atoms with Crippen LogP contribution >= 0.6 is 156 Å². The fourth-order valence-electron chi connectivity index (χ4n) is 11.5. The van der Waals surface area contributed by atoms with Gasteiger partial charge in [0.2, 0.25) is 6.29 Å². The highest BCUT2D eigenvalue weighted by molar-refractivity contribution is 14.1. The first-order valence-corrected chi connectivity index (χ1v) is 45.4. The zero-order chi connectivity index (χ0) is 82.0. The SMILES string of the molecule is Br.BrBr.BrBr.BrBr.CC(O)(c1ccccc1-c1ccccc1)C(F)(F)F.CC1(C(F)(F)F)c2ccccc2-c2ccc(Br)cc21.CC1(C(F)(F)F)c2ccccc2-c2ccc(Br)cc21.CC1(C(F)(F)F)c2ccccc2-c2ccccc21.Ic1ccccc1-c1ccccc1.O=CC(F)(F)F.O=S(=O)(O)C(F)(F)F. The number of benzene rings is 10. The van der Waals surface area contributed by atoms with Crippen molar-refractivity contribution in [3.8, 4) is 55.6 Å². The highest BCUT2D eigenvalue weighted by atomic mass is 127. The first-order chi connectivity index (χ1) is 50.2. The van der Waals surface area contributed by atoms with E-state index in [0.717, 1.165) is 6.92 Å². The van der Waals surface area contributed by atoms with Crippen molar-refractivity contribution in [3.63, 3.8) is 0 Å². The first kappa shape index (κ1) is 98.7. The molecule has 588 valence electrons. The quantitative estimate of drug-likeness (QED) is 0.0605. The number of carbonyl (C=O) groups is 1. The van der Waals surface area contributed by atoms with Crippen molar-refractivity contribution in [1.29, 1.82) is 0 Å². The number of hydrogen-bond acceptors (Lipinski definition) is 4. The van der Waals surface area contributed by atoms with Gasteiger partial charge in [0.15, 0.2) is 5.60 Å². The summed E-state index contributed by atoms with van der Waals surface area (Å²) in [4.78, 5) is 8.70. The van der Waals surface area contributed by atoms with Gasteiger partial charge in [0.1, 0.15) is 16.2 Å². The Labute approximate surface area is 702 Å². The molecule has 5 nitrogen and oxygen atoms in total. The van der Waals surface area contributed by atoms with Gasteiger partial charge in [-0.05, 0) is 170 Å². The molecule has 3 aliphatic rings. The summed E-state index contributed by atoms with van der Waals surface area (Å²) in [6, 6.07) is 70.8. The first-order valence-electron chi connectivity index (χ1n) is 30.1. The molecule has 0 spiro atoms. The van der Waals surface area contributed by atoms with Gasteiger partial charge in [0.05, 0.1) is 0 Å². The fraction of sp³-hybridized carbons (Fsp3) is 0.187. The Kier molecular flexibility index (Phi) is 37.3. The number of halogens is 28. The van der Waals surface area contributed by atoms with E-state index >= 15 is 0 Å². The van der Waals surface area contributed by atoms with Crippen molar-refractivity contribution in [2.45, 2.75) is 85.9 Å². The van der Waals surface area contributed by atoms with Crippen molar-refractivity contribution in [2.75, 3.05) is 0 Å². The minimum Gasteiger partial charge on any atom is -0.376 e. The summed E-state index contributed by atoms with van der Waals surface area (Å²) in [6.07, 6.45) is -23.4. The lowest BCUT2D eigenvalue weighted by Gasteiger charge is -2.30. The molecule has 10 aromatic carbocycles. The predicted octanol–water partition coefficient (Wildman–Crippen LogP) is 30.0. The Bertz CT molecular complexity index is 4560. The fourth-order valence-corrected chi connectivity index (χ4v) is 13.0. The van der Waals surface area contributed by atoms with Gasteiger partial charge in [0.25, 0.3) is 0 Å². The summed E-state index contributed by atoms with van der Waals surface area (Å²) in [5.74, 6) is 0. The van der Waals surface area contributed by atoms with Crippen LogP contribution in [0.25, 0.3) is 55.6 Å². The van der Waals surface area contributed by atoms with E-state index in [1.165, 1.54) is 47.6 Å². The van der Waals surface area contributed by atoms with Gasteiger partial charge in [0, 0.05) is 103 Å². The van der Waals surface area contributed by atoms with Gasteiger partial charge in [-0.25, -0.2) is 0 Å². The van der Waals surface area contributed by atoms with Crippen LogP contribution in [0, 0.1) is 3.57 Å². The minimum absolute atomic E-state index is 0. The Hall–Kier alpha value is -4.47. The summed E-state index contributed by atoms with van der Waals surface area (Å²) in [7, 11) is -5.84. The second-order valence-electron chi connectivity index (χ2n) is 23.3. The maximum absolute atomic E-state index is 13.6. The van der Waals surface area contributed by atoms with Gasteiger partial charge >= 0.3 is 46.5 Å². The molecule has 3 aliphatic carbocycles. The lowest BCUT2D eigenvalue weighted by atomic mass is 9.79. The van der Waals surface area contributed by atoms with Crippen molar-refractivity contribution in [1.82, 2.24) is 0 Å². The van der Waals surface area contributed by atoms with E-state index < -0.39 is 74.6 Å². The average Bonchev–Trinajstić information content (AvgIpc) is 1.57. The van der Waals surface area contributed by atoms with Crippen molar-refractivity contribution >= 4 is 173 Å². The zero-order valence-electron chi connectivity index (χ0n) is 55.8. The van der Waals surface area contributed by atoms with E-state index in [-0.39, 0.29) is 22.5 Å². The molecule has 3 atom stereocenters. The number of rotatable bonds is 3. The number of alkyl halides is 18. The van der Waals surface area contributed by atoms with Crippen LogP contribution in [-0.2, 0) is 36.8 Å². The van der Waals surface area contributed by atoms with Crippen molar-refractivity contribution in [3.05, 3.63) is 294 Å². The van der Waals surface area contributed by atoms with Crippen LogP contribution in [-0.4, -0.2) is 60.8 Å². The average molecular weight is 2260 g/mol. The van der Waals surface area contributed by atoms with E-state index in [9.17, 15) is 84.1 Å². The third-order valence-electron chi connectivity index (χ3n) is 16.9. The third-order valence-corrected chi connectivity index (χ3v) is 19.5. The lowest BCUT2D eigenvalue weighted by Crippen LogP contribution is -2.39. The topological polar surface area (TPSA) is 91.7 Å².